The first-order valence-corrected chi connectivity index (χ1v) is 5.07. The molecule has 0 atom stereocenters. The van der Waals surface area contributed by atoms with E-state index in [9.17, 15) is 9.59 Å². The van der Waals surface area contributed by atoms with Gasteiger partial charge in [0.2, 0.25) is 5.91 Å². The van der Waals surface area contributed by atoms with E-state index in [0.29, 0.717) is 24.1 Å². The predicted molar refractivity (Wildman–Crippen MR) is 56.4 cm³/mol. The van der Waals surface area contributed by atoms with E-state index in [1.165, 1.54) is 4.90 Å². The topological polar surface area (TPSA) is 61.2 Å². The van der Waals surface area contributed by atoms with E-state index in [0.717, 1.165) is 6.42 Å². The number of rotatable bonds is 1. The molecule has 1 fully saturated rings. The number of amides is 2. The summed E-state index contributed by atoms with van der Waals surface area (Å²) in [5.41, 5.74) is 0.957. The Morgan fingerprint density at radius 2 is 2.00 bits per heavy atom. The molecular formula is C12H10N2O2. The van der Waals surface area contributed by atoms with Crippen LogP contribution in [0, 0.1) is 11.3 Å². The Balaban J connectivity index is 2.21. The summed E-state index contributed by atoms with van der Waals surface area (Å²) < 4.78 is 0. The minimum atomic E-state index is -0.271. The van der Waals surface area contributed by atoms with Crippen molar-refractivity contribution in [2.45, 2.75) is 12.8 Å². The summed E-state index contributed by atoms with van der Waals surface area (Å²) >= 11 is 0. The summed E-state index contributed by atoms with van der Waals surface area (Å²) in [5, 5.41) is 8.62. The van der Waals surface area contributed by atoms with Crippen LogP contribution in [-0.2, 0) is 4.79 Å². The lowest BCUT2D eigenvalue weighted by molar-refractivity contribution is -0.125. The van der Waals surface area contributed by atoms with Gasteiger partial charge in [-0.3, -0.25) is 14.5 Å². The number of likely N-dealkylation sites (tertiary alicyclic amines) is 1. The van der Waals surface area contributed by atoms with Gasteiger partial charge < -0.3 is 0 Å². The minimum Gasteiger partial charge on any atom is -0.279 e. The van der Waals surface area contributed by atoms with Crippen molar-refractivity contribution >= 4 is 11.8 Å². The van der Waals surface area contributed by atoms with Crippen molar-refractivity contribution in [1.29, 1.82) is 5.26 Å². The van der Waals surface area contributed by atoms with Gasteiger partial charge in [-0.25, -0.2) is 0 Å². The molecule has 0 aromatic heterocycles. The molecule has 1 aliphatic heterocycles. The molecule has 0 unspecified atom stereocenters. The van der Waals surface area contributed by atoms with Crippen molar-refractivity contribution in [2.75, 3.05) is 6.54 Å². The second kappa shape index (κ2) is 4.15. The molecule has 16 heavy (non-hydrogen) atoms. The molecule has 4 heteroatoms. The smallest absolute Gasteiger partial charge is 0.260 e. The maximum atomic E-state index is 11.9. The standard InChI is InChI=1S/C12H10N2O2/c13-8-9-3-5-10(6-4-9)12(16)14-7-1-2-11(14)15/h3-6H,1-2,7H2. The summed E-state index contributed by atoms with van der Waals surface area (Å²) in [7, 11) is 0. The van der Waals surface area contributed by atoms with Gasteiger partial charge in [-0.1, -0.05) is 0 Å². The predicted octanol–water partition coefficient (Wildman–Crippen LogP) is 1.32. The summed E-state index contributed by atoms with van der Waals surface area (Å²) in [4.78, 5) is 24.5. The van der Waals surface area contributed by atoms with Crippen LogP contribution in [0.1, 0.15) is 28.8 Å². The maximum absolute atomic E-state index is 11.9. The van der Waals surface area contributed by atoms with Crippen molar-refractivity contribution in [3.63, 3.8) is 0 Å². The van der Waals surface area contributed by atoms with Gasteiger partial charge in [0.1, 0.15) is 0 Å². The lowest BCUT2D eigenvalue weighted by atomic mass is 10.1. The molecule has 0 radical (unpaired) electrons. The zero-order valence-electron chi connectivity index (χ0n) is 8.64. The second-order valence-electron chi connectivity index (χ2n) is 3.64. The largest absolute Gasteiger partial charge is 0.279 e. The van der Waals surface area contributed by atoms with Crippen LogP contribution in [0.3, 0.4) is 0 Å². The van der Waals surface area contributed by atoms with Gasteiger partial charge in [0, 0.05) is 18.5 Å². The van der Waals surface area contributed by atoms with Crippen LogP contribution in [0.5, 0.6) is 0 Å². The van der Waals surface area contributed by atoms with Crippen molar-refractivity contribution in [3.05, 3.63) is 35.4 Å². The number of nitriles is 1. The molecule has 0 aliphatic carbocycles. The molecule has 1 aromatic carbocycles. The lowest BCUT2D eigenvalue weighted by Crippen LogP contribution is -2.31. The number of hydrogen-bond donors (Lipinski definition) is 0. The van der Waals surface area contributed by atoms with Crippen molar-refractivity contribution in [3.8, 4) is 6.07 Å². The fourth-order valence-electron chi connectivity index (χ4n) is 1.71. The zero-order valence-corrected chi connectivity index (χ0v) is 8.64. The average Bonchev–Trinajstić information content (AvgIpc) is 2.75. The molecule has 0 spiro atoms. The van der Waals surface area contributed by atoms with Gasteiger partial charge in [0.15, 0.2) is 0 Å². The highest BCUT2D eigenvalue weighted by molar-refractivity contribution is 6.05. The Morgan fingerprint density at radius 1 is 1.31 bits per heavy atom. The number of carbonyl (C=O) groups is 2. The first-order valence-electron chi connectivity index (χ1n) is 5.07. The molecule has 4 nitrogen and oxygen atoms in total. The first kappa shape index (κ1) is 10.4. The molecular weight excluding hydrogens is 204 g/mol. The van der Waals surface area contributed by atoms with E-state index < -0.39 is 0 Å². The normalized spacial score (nSPS) is 14.9. The number of hydrogen-bond acceptors (Lipinski definition) is 3. The molecule has 0 N–H and O–H groups in total. The van der Waals surface area contributed by atoms with E-state index in [-0.39, 0.29) is 11.8 Å². The molecule has 0 bridgehead atoms. The third-order valence-corrected chi connectivity index (χ3v) is 2.58. The van der Waals surface area contributed by atoms with Crippen LogP contribution in [-0.4, -0.2) is 23.3 Å². The van der Waals surface area contributed by atoms with E-state index in [4.69, 9.17) is 5.26 Å². The molecule has 1 saturated heterocycles. The van der Waals surface area contributed by atoms with E-state index in [2.05, 4.69) is 0 Å². The lowest BCUT2D eigenvalue weighted by Gasteiger charge is -2.13. The van der Waals surface area contributed by atoms with E-state index in [1.807, 2.05) is 6.07 Å². The van der Waals surface area contributed by atoms with Crippen LogP contribution in [0.4, 0.5) is 0 Å². The van der Waals surface area contributed by atoms with Gasteiger partial charge in [-0.05, 0) is 30.7 Å². The number of benzene rings is 1. The number of carbonyl (C=O) groups excluding carboxylic acids is 2. The van der Waals surface area contributed by atoms with Crippen molar-refractivity contribution in [2.24, 2.45) is 0 Å². The van der Waals surface area contributed by atoms with Crippen LogP contribution >= 0.6 is 0 Å². The van der Waals surface area contributed by atoms with Crippen LogP contribution in [0.2, 0.25) is 0 Å². The van der Waals surface area contributed by atoms with Crippen LogP contribution < -0.4 is 0 Å². The van der Waals surface area contributed by atoms with E-state index in [1.54, 1.807) is 24.3 Å². The van der Waals surface area contributed by atoms with Crippen LogP contribution in [0.15, 0.2) is 24.3 Å². The monoisotopic (exact) mass is 214 g/mol. The summed E-state index contributed by atoms with van der Waals surface area (Å²) in [6, 6.07) is 8.29. The second-order valence-corrected chi connectivity index (χ2v) is 3.64. The number of nitrogens with zero attached hydrogens (tertiary/aromatic N) is 2. The van der Waals surface area contributed by atoms with Gasteiger partial charge >= 0.3 is 0 Å². The van der Waals surface area contributed by atoms with Gasteiger partial charge in [-0.2, -0.15) is 5.26 Å². The molecule has 1 aromatic rings. The highest BCUT2D eigenvalue weighted by Gasteiger charge is 2.26. The van der Waals surface area contributed by atoms with Gasteiger partial charge in [-0.15, -0.1) is 0 Å². The minimum absolute atomic E-state index is 0.116. The first-order chi connectivity index (χ1) is 7.72. The molecule has 2 rings (SSSR count). The Kier molecular flexibility index (Phi) is 2.69. The summed E-state index contributed by atoms with van der Waals surface area (Å²) in [5.74, 6) is -0.388. The Hall–Kier alpha value is -2.15. The Morgan fingerprint density at radius 3 is 2.50 bits per heavy atom. The summed E-state index contributed by atoms with van der Waals surface area (Å²) in [6.07, 6.45) is 1.18. The Labute approximate surface area is 93.1 Å². The molecule has 2 amide bonds. The molecule has 80 valence electrons. The van der Waals surface area contributed by atoms with Crippen molar-refractivity contribution in [1.82, 2.24) is 4.90 Å². The third kappa shape index (κ3) is 1.80. The highest BCUT2D eigenvalue weighted by atomic mass is 16.2. The Bertz CT molecular complexity index is 471. The zero-order chi connectivity index (χ0) is 11.5. The number of imide groups is 1. The quantitative estimate of drug-likeness (QED) is 0.662. The molecule has 1 heterocycles. The summed E-state index contributed by atoms with van der Waals surface area (Å²) in [6.45, 7) is 0.498. The van der Waals surface area contributed by atoms with Gasteiger partial charge in [0.05, 0.1) is 11.6 Å². The maximum Gasteiger partial charge on any atom is 0.260 e. The van der Waals surface area contributed by atoms with Gasteiger partial charge in [0.25, 0.3) is 5.91 Å². The van der Waals surface area contributed by atoms with Crippen LogP contribution in [0.25, 0.3) is 0 Å². The average molecular weight is 214 g/mol. The van der Waals surface area contributed by atoms with E-state index >= 15 is 0 Å². The molecule has 0 saturated carbocycles. The highest BCUT2D eigenvalue weighted by Crippen LogP contribution is 2.14. The third-order valence-electron chi connectivity index (χ3n) is 2.58. The molecule has 1 aliphatic rings. The fourth-order valence-corrected chi connectivity index (χ4v) is 1.71. The fraction of sp³-hybridized carbons (Fsp3) is 0.250. The SMILES string of the molecule is N#Cc1ccc(C(=O)N2CCCC2=O)cc1. The van der Waals surface area contributed by atoms with Crippen molar-refractivity contribution < 1.29 is 9.59 Å².